The summed E-state index contributed by atoms with van der Waals surface area (Å²) >= 11 is 0. The molecule has 1 heterocycles. The second-order valence-electron chi connectivity index (χ2n) is 8.66. The standard InChI is InChI=1S/C23H23FN8O9S2/c24-21-27-22(29-23(28-21)32(5-7-33)6-8-34)26-13-2-4-16(18(10-13)43(39,40)41)30-31-20-15(25)3-1-12-9-14(42(36,37)38)11-17(35)19(12)20/h1-4,9-11,33-35H,5-8,25H2,(H,36,37,38)(H,39,40,41)(H,26,27,28,29). The Labute approximate surface area is 242 Å². The molecule has 0 saturated carbocycles. The van der Waals surface area contributed by atoms with E-state index in [2.05, 4.69) is 30.5 Å². The van der Waals surface area contributed by atoms with Crippen LogP contribution >= 0.6 is 0 Å². The molecule has 0 bridgehead atoms. The van der Waals surface area contributed by atoms with Crippen molar-refractivity contribution in [3.8, 4) is 5.75 Å². The number of azo groups is 1. The summed E-state index contributed by atoms with van der Waals surface area (Å²) in [5, 5.41) is 39.3. The molecule has 20 heteroatoms. The van der Waals surface area contributed by atoms with Crippen LogP contribution in [-0.2, 0) is 20.2 Å². The van der Waals surface area contributed by atoms with Crippen LogP contribution in [0.25, 0.3) is 10.8 Å². The van der Waals surface area contributed by atoms with E-state index in [1.807, 2.05) is 0 Å². The Bertz CT molecular complexity index is 1940. The molecular formula is C23H23FN8O9S2. The van der Waals surface area contributed by atoms with Gasteiger partial charge in [-0.15, -0.1) is 10.2 Å². The summed E-state index contributed by atoms with van der Waals surface area (Å²) < 4.78 is 80.8. The number of phenols is 1. The minimum absolute atomic E-state index is 0.0310. The van der Waals surface area contributed by atoms with Crippen molar-refractivity contribution >= 4 is 65.7 Å². The minimum atomic E-state index is -4.94. The molecule has 0 amide bonds. The number of anilines is 4. The van der Waals surface area contributed by atoms with Crippen LogP contribution in [0, 0.1) is 6.08 Å². The average molecular weight is 639 g/mol. The van der Waals surface area contributed by atoms with Crippen LogP contribution in [0.2, 0.25) is 0 Å². The zero-order valence-corrected chi connectivity index (χ0v) is 23.3. The van der Waals surface area contributed by atoms with E-state index in [4.69, 9.17) is 5.73 Å². The highest BCUT2D eigenvalue weighted by molar-refractivity contribution is 7.86. The van der Waals surface area contributed by atoms with Gasteiger partial charge in [-0.05, 0) is 35.7 Å². The third-order valence-corrected chi connectivity index (χ3v) is 7.46. The maximum atomic E-state index is 14.1. The van der Waals surface area contributed by atoms with E-state index < -0.39 is 47.5 Å². The molecule has 3 aromatic carbocycles. The van der Waals surface area contributed by atoms with Gasteiger partial charge in [-0.2, -0.15) is 36.2 Å². The first kappa shape index (κ1) is 31.3. The number of fused-ring (bicyclic) bond motifs is 1. The van der Waals surface area contributed by atoms with E-state index in [9.17, 15) is 45.7 Å². The summed E-state index contributed by atoms with van der Waals surface area (Å²) in [6, 6.07) is 7.79. The number of aromatic hydroxyl groups is 1. The Kier molecular flexibility index (Phi) is 8.98. The quantitative estimate of drug-likeness (QED) is 0.0702. The van der Waals surface area contributed by atoms with Crippen LogP contribution in [0.5, 0.6) is 5.75 Å². The van der Waals surface area contributed by atoms with Gasteiger partial charge in [0.2, 0.25) is 11.9 Å². The lowest BCUT2D eigenvalue weighted by atomic mass is 10.1. The summed E-state index contributed by atoms with van der Waals surface area (Å²) in [6.45, 7) is -0.758. The van der Waals surface area contributed by atoms with E-state index >= 15 is 0 Å². The molecule has 0 fully saturated rings. The molecule has 228 valence electrons. The fourth-order valence-corrected chi connectivity index (χ4v) is 5.06. The summed E-state index contributed by atoms with van der Waals surface area (Å²) in [6.07, 6.45) is -1.21. The zero-order chi connectivity index (χ0) is 31.5. The number of rotatable bonds is 11. The molecule has 0 aliphatic rings. The second-order valence-corrected chi connectivity index (χ2v) is 11.5. The van der Waals surface area contributed by atoms with Crippen molar-refractivity contribution in [2.45, 2.75) is 9.79 Å². The van der Waals surface area contributed by atoms with Gasteiger partial charge < -0.3 is 31.3 Å². The van der Waals surface area contributed by atoms with E-state index in [0.29, 0.717) is 0 Å². The molecule has 0 spiro atoms. The summed E-state index contributed by atoms with van der Waals surface area (Å²) in [4.78, 5) is 11.0. The van der Waals surface area contributed by atoms with Gasteiger partial charge in [0.1, 0.15) is 22.0 Å². The maximum Gasteiger partial charge on any atom is 0.315 e. The van der Waals surface area contributed by atoms with E-state index in [1.165, 1.54) is 23.1 Å². The van der Waals surface area contributed by atoms with Gasteiger partial charge in [0.25, 0.3) is 20.2 Å². The Morgan fingerprint density at radius 1 is 0.907 bits per heavy atom. The minimum Gasteiger partial charge on any atom is -0.507 e. The lowest BCUT2D eigenvalue weighted by molar-refractivity contribution is 0.279. The Hall–Kier alpha value is -4.60. The van der Waals surface area contributed by atoms with Crippen molar-refractivity contribution in [2.75, 3.05) is 42.3 Å². The van der Waals surface area contributed by atoms with Crippen molar-refractivity contribution in [2.24, 2.45) is 10.2 Å². The highest BCUT2D eigenvalue weighted by Crippen LogP contribution is 2.41. The fourth-order valence-electron chi connectivity index (χ4n) is 3.88. The molecule has 8 N–H and O–H groups in total. The molecule has 0 unspecified atom stereocenters. The number of aliphatic hydroxyl groups is 2. The van der Waals surface area contributed by atoms with Crippen molar-refractivity contribution in [1.82, 2.24) is 15.0 Å². The molecule has 0 aliphatic carbocycles. The number of phenolic OH excluding ortho intramolecular Hbond substituents is 1. The number of nitrogens with two attached hydrogens (primary N) is 1. The molecular weight excluding hydrogens is 615 g/mol. The van der Waals surface area contributed by atoms with E-state index in [1.54, 1.807) is 0 Å². The number of halogens is 1. The number of hydrogen-bond acceptors (Lipinski definition) is 15. The number of benzene rings is 3. The van der Waals surface area contributed by atoms with Crippen LogP contribution < -0.4 is 16.0 Å². The number of hydrogen-bond donors (Lipinski definition) is 7. The number of nitrogens with one attached hydrogen (secondary N) is 1. The van der Waals surface area contributed by atoms with Gasteiger partial charge in [0.15, 0.2) is 0 Å². The van der Waals surface area contributed by atoms with Gasteiger partial charge in [-0.1, -0.05) is 6.07 Å². The molecule has 0 saturated heterocycles. The second kappa shape index (κ2) is 12.3. The van der Waals surface area contributed by atoms with Crippen LogP contribution in [0.4, 0.5) is 39.0 Å². The van der Waals surface area contributed by atoms with Crippen molar-refractivity contribution in [3.05, 3.63) is 48.5 Å². The summed E-state index contributed by atoms with van der Waals surface area (Å²) in [5.41, 5.74) is 5.32. The first-order valence-corrected chi connectivity index (χ1v) is 14.8. The van der Waals surface area contributed by atoms with Crippen molar-refractivity contribution in [1.29, 1.82) is 0 Å². The SMILES string of the molecule is Nc1ccc2cc(S(=O)(=O)O)cc(O)c2c1N=Nc1ccc(Nc2nc(F)nc(N(CCO)CCO)n2)cc1S(=O)(=O)O. The average Bonchev–Trinajstić information content (AvgIpc) is 2.91. The molecule has 0 atom stereocenters. The van der Waals surface area contributed by atoms with Crippen LogP contribution in [0.3, 0.4) is 0 Å². The molecule has 0 aliphatic heterocycles. The molecule has 4 aromatic rings. The Balaban J connectivity index is 1.74. The lowest BCUT2D eigenvalue weighted by Crippen LogP contribution is -2.31. The van der Waals surface area contributed by atoms with Gasteiger partial charge in [0.05, 0.1) is 29.2 Å². The molecule has 43 heavy (non-hydrogen) atoms. The van der Waals surface area contributed by atoms with Crippen molar-refractivity contribution < 1.29 is 45.7 Å². The summed E-state index contributed by atoms with van der Waals surface area (Å²) in [5.74, 6) is -1.22. The first-order chi connectivity index (χ1) is 20.2. The normalized spacial score (nSPS) is 12.2. The number of nitrogen functional groups attached to an aromatic ring is 1. The molecule has 0 radical (unpaired) electrons. The molecule has 17 nitrogen and oxygen atoms in total. The Morgan fingerprint density at radius 2 is 1.60 bits per heavy atom. The smallest absolute Gasteiger partial charge is 0.315 e. The molecule has 4 rings (SSSR count). The maximum absolute atomic E-state index is 14.1. The zero-order valence-electron chi connectivity index (χ0n) is 21.7. The number of aromatic nitrogens is 3. The van der Waals surface area contributed by atoms with Gasteiger partial charge in [-0.3, -0.25) is 9.11 Å². The first-order valence-electron chi connectivity index (χ1n) is 11.9. The third-order valence-electron chi connectivity index (χ3n) is 5.74. The topological polar surface area (TPSA) is 274 Å². The number of aliphatic hydroxyl groups excluding tert-OH is 2. The van der Waals surface area contributed by atoms with Crippen LogP contribution in [0.1, 0.15) is 0 Å². The van der Waals surface area contributed by atoms with Crippen LogP contribution in [-0.4, -0.2) is 82.5 Å². The lowest BCUT2D eigenvalue weighted by Gasteiger charge is -2.20. The van der Waals surface area contributed by atoms with Gasteiger partial charge >= 0.3 is 6.08 Å². The van der Waals surface area contributed by atoms with E-state index in [-0.39, 0.29) is 66.0 Å². The Morgan fingerprint density at radius 3 is 2.23 bits per heavy atom. The highest BCUT2D eigenvalue weighted by Gasteiger charge is 2.20. The monoisotopic (exact) mass is 638 g/mol. The van der Waals surface area contributed by atoms with E-state index in [0.717, 1.165) is 24.3 Å². The van der Waals surface area contributed by atoms with Gasteiger partial charge in [-0.25, -0.2) is 0 Å². The highest BCUT2D eigenvalue weighted by atomic mass is 32.2. The van der Waals surface area contributed by atoms with Gasteiger partial charge in [0, 0.05) is 24.8 Å². The predicted molar refractivity (Wildman–Crippen MR) is 150 cm³/mol. The largest absolute Gasteiger partial charge is 0.507 e. The third kappa shape index (κ3) is 7.25. The fraction of sp³-hybridized carbons (Fsp3) is 0.174. The van der Waals surface area contributed by atoms with Crippen molar-refractivity contribution in [3.63, 3.8) is 0 Å². The predicted octanol–water partition coefficient (Wildman–Crippen LogP) is 1.90. The summed E-state index contributed by atoms with van der Waals surface area (Å²) in [7, 11) is -9.60. The van der Waals surface area contributed by atoms with Crippen LogP contribution in [0.15, 0.2) is 62.5 Å². The number of nitrogens with zero attached hydrogens (tertiary/aromatic N) is 6. The molecule has 1 aromatic heterocycles.